The molecule has 0 heterocycles. The summed E-state index contributed by atoms with van der Waals surface area (Å²) < 4.78 is 26.2. The van der Waals surface area contributed by atoms with Gasteiger partial charge in [0.1, 0.15) is 6.04 Å². The third-order valence-corrected chi connectivity index (χ3v) is 5.15. The van der Waals surface area contributed by atoms with Gasteiger partial charge in [-0.05, 0) is 36.6 Å². The maximum atomic E-state index is 12.1. The summed E-state index contributed by atoms with van der Waals surface area (Å²) in [6.07, 6.45) is 3.82. The van der Waals surface area contributed by atoms with Crippen molar-refractivity contribution in [3.05, 3.63) is 42.5 Å². The normalized spacial score (nSPS) is 15.5. The predicted molar refractivity (Wildman–Crippen MR) is 88.1 cm³/mol. The van der Waals surface area contributed by atoms with Crippen LogP contribution in [0, 0.1) is 5.92 Å². The number of aliphatic carboxylic acids is 1. The number of hydrogen-bond acceptors (Lipinski definition) is 4. The first-order chi connectivity index (χ1) is 11.3. The van der Waals surface area contributed by atoms with Crippen molar-refractivity contribution < 1.29 is 23.1 Å². The van der Waals surface area contributed by atoms with E-state index in [2.05, 4.69) is 16.6 Å². The van der Waals surface area contributed by atoms with Crippen LogP contribution in [0.2, 0.25) is 0 Å². The Labute approximate surface area is 140 Å². The number of carbonyl (C=O) groups excluding carboxylic acids is 1. The maximum Gasteiger partial charge on any atom is 0.326 e. The number of carboxylic acids is 1. The van der Waals surface area contributed by atoms with Crippen molar-refractivity contribution in [2.45, 2.75) is 30.2 Å². The second-order valence-corrected chi connectivity index (χ2v) is 7.48. The molecule has 1 atom stereocenters. The number of hydrogen-bond donors (Lipinski definition) is 3. The fourth-order valence-electron chi connectivity index (χ4n) is 2.19. The van der Waals surface area contributed by atoms with Gasteiger partial charge in [0, 0.05) is 12.1 Å². The molecular formula is C16H20N2O5S. The SMILES string of the molecule is C=CCNS(=O)(=O)c1ccc(C(=O)NC(CC2CC2)C(=O)O)cc1. The first-order valence-electron chi connectivity index (χ1n) is 7.58. The van der Waals surface area contributed by atoms with Crippen LogP contribution in [0.3, 0.4) is 0 Å². The van der Waals surface area contributed by atoms with Crippen LogP contribution in [0.15, 0.2) is 41.8 Å². The van der Waals surface area contributed by atoms with E-state index in [1.807, 2.05) is 0 Å². The van der Waals surface area contributed by atoms with Gasteiger partial charge in [-0.15, -0.1) is 6.58 Å². The van der Waals surface area contributed by atoms with Crippen LogP contribution in [0.5, 0.6) is 0 Å². The molecule has 0 spiro atoms. The Morgan fingerprint density at radius 1 is 1.29 bits per heavy atom. The van der Waals surface area contributed by atoms with Gasteiger partial charge >= 0.3 is 5.97 Å². The topological polar surface area (TPSA) is 113 Å². The smallest absolute Gasteiger partial charge is 0.326 e. The molecule has 0 aromatic heterocycles. The van der Waals surface area contributed by atoms with Gasteiger partial charge in [-0.2, -0.15) is 0 Å². The zero-order chi connectivity index (χ0) is 17.7. The van der Waals surface area contributed by atoms with Crippen molar-refractivity contribution in [3.8, 4) is 0 Å². The van der Waals surface area contributed by atoms with E-state index in [0.717, 1.165) is 12.8 Å². The molecule has 1 unspecified atom stereocenters. The van der Waals surface area contributed by atoms with Crippen molar-refractivity contribution in [2.24, 2.45) is 5.92 Å². The monoisotopic (exact) mass is 352 g/mol. The number of carboxylic acid groups (broad SMARTS) is 1. The van der Waals surface area contributed by atoms with Gasteiger partial charge in [0.2, 0.25) is 10.0 Å². The van der Waals surface area contributed by atoms with E-state index >= 15 is 0 Å². The maximum absolute atomic E-state index is 12.1. The zero-order valence-corrected chi connectivity index (χ0v) is 13.9. The minimum atomic E-state index is -3.66. The Hall–Kier alpha value is -2.19. The molecule has 0 bridgehead atoms. The Morgan fingerprint density at radius 2 is 1.92 bits per heavy atom. The molecule has 1 aromatic carbocycles. The van der Waals surface area contributed by atoms with Crippen molar-refractivity contribution in [2.75, 3.05) is 6.54 Å². The first kappa shape index (κ1) is 18.2. The highest BCUT2D eigenvalue weighted by molar-refractivity contribution is 7.89. The molecule has 0 saturated heterocycles. The minimum absolute atomic E-state index is 0.0219. The van der Waals surface area contributed by atoms with Crippen molar-refractivity contribution >= 4 is 21.9 Å². The van der Waals surface area contributed by atoms with E-state index in [1.54, 1.807) is 0 Å². The molecule has 1 aliphatic carbocycles. The Bertz CT molecular complexity index is 723. The van der Waals surface area contributed by atoms with E-state index in [9.17, 15) is 18.0 Å². The summed E-state index contributed by atoms with van der Waals surface area (Å²) in [7, 11) is -3.66. The van der Waals surface area contributed by atoms with Crippen LogP contribution >= 0.6 is 0 Å². The van der Waals surface area contributed by atoms with Gasteiger partial charge in [-0.25, -0.2) is 17.9 Å². The number of carbonyl (C=O) groups is 2. The summed E-state index contributed by atoms with van der Waals surface area (Å²) in [6.45, 7) is 3.54. The second kappa shape index (κ2) is 7.59. The molecule has 7 nitrogen and oxygen atoms in total. The summed E-state index contributed by atoms with van der Waals surface area (Å²) in [5, 5.41) is 11.6. The van der Waals surface area contributed by atoms with Crippen LogP contribution in [-0.4, -0.2) is 38.0 Å². The molecule has 0 radical (unpaired) electrons. The summed E-state index contributed by atoms with van der Waals surface area (Å²) in [5.41, 5.74) is 0.208. The van der Waals surface area contributed by atoms with Gasteiger partial charge in [-0.3, -0.25) is 4.79 Å². The fraction of sp³-hybridized carbons (Fsp3) is 0.375. The summed E-state index contributed by atoms with van der Waals surface area (Å²) in [4.78, 5) is 23.4. The van der Waals surface area contributed by atoms with Crippen LogP contribution in [0.25, 0.3) is 0 Å². The van der Waals surface area contributed by atoms with Gasteiger partial charge in [-0.1, -0.05) is 18.9 Å². The second-order valence-electron chi connectivity index (χ2n) is 5.71. The third-order valence-electron chi connectivity index (χ3n) is 3.71. The number of amides is 1. The van der Waals surface area contributed by atoms with E-state index in [-0.39, 0.29) is 17.0 Å². The molecule has 1 aliphatic rings. The van der Waals surface area contributed by atoms with Gasteiger partial charge < -0.3 is 10.4 Å². The lowest BCUT2D eigenvalue weighted by Gasteiger charge is -2.14. The standard InChI is InChI=1S/C16H20N2O5S/c1-2-9-17-24(22,23)13-7-5-12(6-8-13)15(19)18-14(16(20)21)10-11-3-4-11/h2,5-8,11,14,17H,1,3-4,9-10H2,(H,18,19)(H,20,21). The molecule has 2 rings (SSSR count). The summed E-state index contributed by atoms with van der Waals surface area (Å²) in [5.74, 6) is -1.25. The highest BCUT2D eigenvalue weighted by atomic mass is 32.2. The van der Waals surface area contributed by atoms with Crippen molar-refractivity contribution in [3.63, 3.8) is 0 Å². The van der Waals surface area contributed by atoms with Crippen molar-refractivity contribution in [1.29, 1.82) is 0 Å². The lowest BCUT2D eigenvalue weighted by molar-refractivity contribution is -0.139. The molecule has 8 heteroatoms. The minimum Gasteiger partial charge on any atom is -0.480 e. The van der Waals surface area contributed by atoms with Crippen molar-refractivity contribution in [1.82, 2.24) is 10.0 Å². The Morgan fingerprint density at radius 3 is 2.42 bits per heavy atom. The van der Waals surface area contributed by atoms with Gasteiger partial charge in [0.05, 0.1) is 4.90 Å². The van der Waals surface area contributed by atoms with Crippen LogP contribution < -0.4 is 10.0 Å². The molecule has 1 fully saturated rings. The van der Waals surface area contributed by atoms with E-state index in [1.165, 1.54) is 30.3 Å². The van der Waals surface area contributed by atoms with E-state index < -0.39 is 27.9 Å². The molecule has 0 aliphatic heterocycles. The fourth-order valence-corrected chi connectivity index (χ4v) is 3.19. The van der Waals surface area contributed by atoms with Gasteiger partial charge in [0.25, 0.3) is 5.91 Å². The highest BCUT2D eigenvalue weighted by Crippen LogP contribution is 2.33. The first-order valence-corrected chi connectivity index (χ1v) is 9.06. The van der Waals surface area contributed by atoms with Crippen LogP contribution in [-0.2, 0) is 14.8 Å². The lowest BCUT2D eigenvalue weighted by atomic mass is 10.1. The largest absolute Gasteiger partial charge is 0.480 e. The van der Waals surface area contributed by atoms with Crippen LogP contribution in [0.4, 0.5) is 0 Å². The van der Waals surface area contributed by atoms with E-state index in [0.29, 0.717) is 12.3 Å². The van der Waals surface area contributed by atoms with Gasteiger partial charge in [0.15, 0.2) is 0 Å². The number of nitrogens with one attached hydrogen (secondary N) is 2. The Balaban J connectivity index is 2.04. The van der Waals surface area contributed by atoms with E-state index in [4.69, 9.17) is 5.11 Å². The molecule has 1 aromatic rings. The molecule has 130 valence electrons. The number of sulfonamides is 1. The highest BCUT2D eigenvalue weighted by Gasteiger charge is 2.30. The zero-order valence-electron chi connectivity index (χ0n) is 13.1. The predicted octanol–water partition coefficient (Wildman–Crippen LogP) is 1.13. The molecule has 1 saturated carbocycles. The number of benzene rings is 1. The van der Waals surface area contributed by atoms with Crippen LogP contribution in [0.1, 0.15) is 29.6 Å². The third kappa shape index (κ3) is 4.90. The quantitative estimate of drug-likeness (QED) is 0.577. The number of rotatable bonds is 9. The average Bonchev–Trinajstić information content (AvgIpc) is 3.36. The lowest BCUT2D eigenvalue weighted by Crippen LogP contribution is -2.41. The Kier molecular flexibility index (Phi) is 5.74. The molecule has 1 amide bonds. The summed E-state index contributed by atoms with van der Waals surface area (Å²) >= 11 is 0. The molecule has 24 heavy (non-hydrogen) atoms. The summed E-state index contributed by atoms with van der Waals surface area (Å²) in [6, 6.07) is 4.39. The molecular weight excluding hydrogens is 332 g/mol. The average molecular weight is 352 g/mol. The molecule has 3 N–H and O–H groups in total.